The van der Waals surface area contributed by atoms with Crippen molar-refractivity contribution in [3.8, 4) is 0 Å². The Morgan fingerprint density at radius 2 is 2.22 bits per heavy atom. The lowest BCUT2D eigenvalue weighted by Gasteiger charge is -2.21. The second kappa shape index (κ2) is 4.86. The summed E-state index contributed by atoms with van der Waals surface area (Å²) >= 11 is 0. The first-order chi connectivity index (χ1) is 8.53. The van der Waals surface area contributed by atoms with Gasteiger partial charge >= 0.3 is 0 Å². The minimum atomic E-state index is -0.281. The summed E-state index contributed by atoms with van der Waals surface area (Å²) < 4.78 is 6.96. The second-order valence-electron chi connectivity index (χ2n) is 4.85. The quantitative estimate of drug-likeness (QED) is 0.759. The van der Waals surface area contributed by atoms with Gasteiger partial charge in [-0.15, -0.1) is 0 Å². The molecule has 2 heterocycles. The molecule has 0 saturated heterocycles. The average molecular weight is 247 g/mol. The zero-order chi connectivity index (χ0) is 13.2. The minimum Gasteiger partial charge on any atom is -0.379 e. The topological polar surface area (TPSA) is 56.5 Å². The van der Waals surface area contributed by atoms with Gasteiger partial charge in [-0.1, -0.05) is 0 Å². The lowest BCUT2D eigenvalue weighted by atomic mass is 9.98. The van der Waals surface area contributed by atoms with Crippen LogP contribution < -0.4 is 0 Å². The third-order valence-electron chi connectivity index (χ3n) is 3.13. The van der Waals surface area contributed by atoms with E-state index in [1.54, 1.807) is 36.4 Å². The van der Waals surface area contributed by atoms with Crippen molar-refractivity contribution in [2.45, 2.75) is 32.3 Å². The molecule has 0 aliphatic rings. The Morgan fingerprint density at radius 3 is 2.94 bits per heavy atom. The maximum atomic E-state index is 12.1. The molecule has 0 spiro atoms. The van der Waals surface area contributed by atoms with Gasteiger partial charge in [-0.2, -0.15) is 5.10 Å². The lowest BCUT2D eigenvalue weighted by Crippen LogP contribution is -2.23. The molecule has 96 valence electrons. The Balaban J connectivity index is 2.14. The van der Waals surface area contributed by atoms with Gasteiger partial charge in [0.2, 0.25) is 0 Å². The number of hydrogen-bond donors (Lipinski definition) is 0. The van der Waals surface area contributed by atoms with Crippen molar-refractivity contribution in [3.05, 3.63) is 30.4 Å². The Morgan fingerprint density at radius 1 is 1.44 bits per heavy atom. The predicted octanol–water partition coefficient (Wildman–Crippen LogP) is 2.12. The number of methoxy groups -OCH3 is 1. The fraction of sp³-hybridized carbons (Fsp3) is 0.462. The molecule has 0 unspecified atom stereocenters. The van der Waals surface area contributed by atoms with Crippen LogP contribution in [0.3, 0.4) is 0 Å². The molecule has 0 fully saturated rings. The van der Waals surface area contributed by atoms with Crippen molar-refractivity contribution in [2.75, 3.05) is 7.11 Å². The van der Waals surface area contributed by atoms with Crippen LogP contribution in [0.1, 0.15) is 37.0 Å². The summed E-state index contributed by atoms with van der Waals surface area (Å²) in [6.45, 7) is 3.94. The van der Waals surface area contributed by atoms with Gasteiger partial charge in [-0.25, -0.2) is 4.52 Å². The first-order valence-corrected chi connectivity index (χ1v) is 5.89. The molecule has 18 heavy (non-hydrogen) atoms. The van der Waals surface area contributed by atoms with Crippen LogP contribution in [0, 0.1) is 0 Å². The van der Waals surface area contributed by atoms with Gasteiger partial charge in [0, 0.05) is 25.9 Å². The van der Waals surface area contributed by atoms with E-state index in [1.165, 1.54) is 0 Å². The zero-order valence-corrected chi connectivity index (χ0v) is 10.9. The number of carbonyl (C=O) groups is 1. The molecule has 0 atom stereocenters. The van der Waals surface area contributed by atoms with Crippen LogP contribution in [0.4, 0.5) is 0 Å². The molecule has 2 rings (SSSR count). The van der Waals surface area contributed by atoms with E-state index < -0.39 is 0 Å². The maximum Gasteiger partial charge on any atom is 0.166 e. The summed E-state index contributed by atoms with van der Waals surface area (Å²) in [5.41, 5.74) is 1.09. The Bertz CT molecular complexity index is 560. The standard InChI is InChI=1S/C13H17N3O2/c1-13(2,18-3)5-4-12(17)10-8-15-16-7-6-14-9-11(10)16/h6-9H,4-5H2,1-3H3. The average Bonchev–Trinajstić information content (AvgIpc) is 2.80. The molecule has 5 heteroatoms. The molecule has 0 aliphatic heterocycles. The van der Waals surface area contributed by atoms with E-state index in [2.05, 4.69) is 10.1 Å². The summed E-state index contributed by atoms with van der Waals surface area (Å²) in [6.07, 6.45) is 7.74. The van der Waals surface area contributed by atoms with Gasteiger partial charge in [-0.05, 0) is 20.3 Å². The van der Waals surface area contributed by atoms with E-state index in [4.69, 9.17) is 4.74 Å². The summed E-state index contributed by atoms with van der Waals surface area (Å²) in [5.74, 6) is 0.0723. The van der Waals surface area contributed by atoms with E-state index >= 15 is 0 Å². The van der Waals surface area contributed by atoms with E-state index in [0.29, 0.717) is 18.4 Å². The molecule has 2 aromatic heterocycles. The minimum absolute atomic E-state index is 0.0723. The van der Waals surface area contributed by atoms with Crippen molar-refractivity contribution >= 4 is 11.3 Å². The Labute approximate surface area is 106 Å². The van der Waals surface area contributed by atoms with Gasteiger partial charge in [0.25, 0.3) is 0 Å². The number of hydrogen-bond acceptors (Lipinski definition) is 4. The van der Waals surface area contributed by atoms with Crippen LogP contribution in [0.5, 0.6) is 0 Å². The third kappa shape index (κ3) is 2.56. The van der Waals surface area contributed by atoms with Crippen molar-refractivity contribution in [1.82, 2.24) is 14.6 Å². The normalized spacial score (nSPS) is 11.9. The first kappa shape index (κ1) is 12.7. The van der Waals surface area contributed by atoms with Gasteiger partial charge in [0.1, 0.15) is 0 Å². The monoisotopic (exact) mass is 247 g/mol. The summed E-state index contributed by atoms with van der Waals surface area (Å²) in [5, 5.41) is 4.13. The van der Waals surface area contributed by atoms with Gasteiger partial charge in [0.05, 0.1) is 29.1 Å². The molecule has 2 aromatic rings. The van der Waals surface area contributed by atoms with E-state index in [9.17, 15) is 4.79 Å². The van der Waals surface area contributed by atoms with E-state index in [1.807, 2.05) is 13.8 Å². The number of ketones is 1. The highest BCUT2D eigenvalue weighted by Crippen LogP contribution is 2.19. The smallest absolute Gasteiger partial charge is 0.166 e. The Hall–Kier alpha value is -1.75. The van der Waals surface area contributed by atoms with Crippen molar-refractivity contribution in [2.24, 2.45) is 0 Å². The fourth-order valence-corrected chi connectivity index (χ4v) is 1.70. The van der Waals surface area contributed by atoms with Gasteiger partial charge in [0.15, 0.2) is 5.78 Å². The summed E-state index contributed by atoms with van der Waals surface area (Å²) in [6, 6.07) is 0. The van der Waals surface area contributed by atoms with E-state index in [-0.39, 0.29) is 11.4 Å². The molecule has 0 bridgehead atoms. The van der Waals surface area contributed by atoms with Gasteiger partial charge < -0.3 is 4.74 Å². The molecule has 0 N–H and O–H groups in total. The molecule has 0 aromatic carbocycles. The fourth-order valence-electron chi connectivity index (χ4n) is 1.70. The molecular formula is C13H17N3O2. The molecule has 0 radical (unpaired) electrons. The number of rotatable bonds is 5. The second-order valence-corrected chi connectivity index (χ2v) is 4.85. The molecule has 0 saturated carbocycles. The van der Waals surface area contributed by atoms with Crippen LogP contribution in [-0.2, 0) is 4.74 Å². The SMILES string of the molecule is COC(C)(C)CCC(=O)c1cnn2ccncc12. The molecule has 0 aliphatic carbocycles. The highest BCUT2D eigenvalue weighted by Gasteiger charge is 2.20. The number of carbonyl (C=O) groups excluding carboxylic acids is 1. The van der Waals surface area contributed by atoms with Crippen LogP contribution in [0.2, 0.25) is 0 Å². The summed E-state index contributed by atoms with van der Waals surface area (Å²) in [4.78, 5) is 16.2. The van der Waals surface area contributed by atoms with Crippen LogP contribution >= 0.6 is 0 Å². The van der Waals surface area contributed by atoms with E-state index in [0.717, 1.165) is 5.52 Å². The number of ether oxygens (including phenoxy) is 1. The van der Waals surface area contributed by atoms with Gasteiger partial charge in [-0.3, -0.25) is 9.78 Å². The largest absolute Gasteiger partial charge is 0.379 e. The van der Waals surface area contributed by atoms with Crippen LogP contribution in [-0.4, -0.2) is 33.1 Å². The lowest BCUT2D eigenvalue weighted by molar-refractivity contribution is 0.0142. The molecule has 0 amide bonds. The van der Waals surface area contributed by atoms with Crippen molar-refractivity contribution in [1.29, 1.82) is 0 Å². The number of nitrogens with zero attached hydrogens (tertiary/aromatic N) is 3. The number of aromatic nitrogens is 3. The summed E-state index contributed by atoms with van der Waals surface area (Å²) in [7, 11) is 1.66. The zero-order valence-electron chi connectivity index (χ0n) is 10.9. The van der Waals surface area contributed by atoms with Crippen molar-refractivity contribution < 1.29 is 9.53 Å². The Kier molecular flexibility index (Phi) is 3.43. The maximum absolute atomic E-state index is 12.1. The highest BCUT2D eigenvalue weighted by atomic mass is 16.5. The predicted molar refractivity (Wildman–Crippen MR) is 67.6 cm³/mol. The van der Waals surface area contributed by atoms with Crippen LogP contribution in [0.15, 0.2) is 24.8 Å². The first-order valence-electron chi connectivity index (χ1n) is 5.89. The number of Topliss-reactive ketones (excluding diaryl/α,β-unsaturated/α-hetero) is 1. The number of fused-ring (bicyclic) bond motifs is 1. The van der Waals surface area contributed by atoms with Crippen LogP contribution in [0.25, 0.3) is 5.52 Å². The van der Waals surface area contributed by atoms with Crippen molar-refractivity contribution in [3.63, 3.8) is 0 Å². The third-order valence-corrected chi connectivity index (χ3v) is 3.13. The molecular weight excluding hydrogens is 230 g/mol. The molecule has 5 nitrogen and oxygen atoms in total. The highest BCUT2D eigenvalue weighted by molar-refractivity contribution is 6.01.